The molecule has 1 aliphatic heterocycles. The highest BCUT2D eigenvalue weighted by atomic mass is 32.1. The summed E-state index contributed by atoms with van der Waals surface area (Å²) in [7, 11) is 0. The minimum atomic E-state index is -0.111. The number of rotatable bonds is 6. The molecule has 0 radical (unpaired) electrons. The maximum Gasteiger partial charge on any atom is 0.273 e. The van der Waals surface area contributed by atoms with E-state index in [-0.39, 0.29) is 5.91 Å². The van der Waals surface area contributed by atoms with E-state index in [0.717, 1.165) is 33.3 Å². The third-order valence-corrected chi connectivity index (χ3v) is 6.14. The summed E-state index contributed by atoms with van der Waals surface area (Å²) in [6.07, 6.45) is 3.69. The Morgan fingerprint density at radius 3 is 2.81 bits per heavy atom. The maximum absolute atomic E-state index is 13.2. The molecule has 8 heteroatoms. The van der Waals surface area contributed by atoms with Crippen molar-refractivity contribution in [3.8, 4) is 27.8 Å². The van der Waals surface area contributed by atoms with Crippen molar-refractivity contribution in [2.24, 2.45) is 0 Å². The van der Waals surface area contributed by atoms with Gasteiger partial charge in [-0.3, -0.25) is 4.79 Å². The van der Waals surface area contributed by atoms with Crippen LogP contribution >= 0.6 is 11.3 Å². The van der Waals surface area contributed by atoms with Gasteiger partial charge in [0.05, 0.1) is 11.9 Å². The Hall–Kier alpha value is -3.65. The van der Waals surface area contributed by atoms with Crippen molar-refractivity contribution in [1.29, 1.82) is 0 Å². The van der Waals surface area contributed by atoms with Crippen LogP contribution < -0.4 is 9.47 Å². The summed E-state index contributed by atoms with van der Waals surface area (Å²) >= 11 is 1.44. The van der Waals surface area contributed by atoms with Gasteiger partial charge in [-0.25, -0.2) is 9.67 Å². The van der Waals surface area contributed by atoms with Gasteiger partial charge in [-0.1, -0.05) is 30.3 Å². The summed E-state index contributed by atoms with van der Waals surface area (Å²) in [6, 6.07) is 15.7. The first kappa shape index (κ1) is 20.3. The van der Waals surface area contributed by atoms with Crippen LogP contribution in [0.15, 0.2) is 66.3 Å². The molecule has 0 fully saturated rings. The highest BCUT2D eigenvalue weighted by Gasteiger charge is 2.22. The van der Waals surface area contributed by atoms with Gasteiger partial charge >= 0.3 is 0 Å². The highest BCUT2D eigenvalue weighted by Crippen LogP contribution is 2.34. The molecule has 0 atom stereocenters. The molecule has 2 aromatic carbocycles. The summed E-state index contributed by atoms with van der Waals surface area (Å²) in [5.74, 6) is 1.33. The normalized spacial score (nSPS) is 12.5. The molecule has 2 aromatic heterocycles. The zero-order valence-corrected chi connectivity index (χ0v) is 18.4. The predicted molar refractivity (Wildman–Crippen MR) is 123 cm³/mol. The van der Waals surface area contributed by atoms with E-state index in [1.165, 1.54) is 11.3 Å². The molecule has 4 aromatic rings. The first-order chi connectivity index (χ1) is 15.7. The monoisotopic (exact) mass is 446 g/mol. The van der Waals surface area contributed by atoms with Crippen LogP contribution in [0.3, 0.4) is 0 Å². The lowest BCUT2D eigenvalue weighted by atomic mass is 10.1. The Labute approximate surface area is 189 Å². The van der Waals surface area contributed by atoms with Crippen molar-refractivity contribution >= 4 is 17.2 Å². The predicted octanol–water partition coefficient (Wildman–Crippen LogP) is 4.43. The van der Waals surface area contributed by atoms with Crippen LogP contribution in [0.25, 0.3) is 16.3 Å². The molecule has 0 aliphatic carbocycles. The smallest absolute Gasteiger partial charge is 0.273 e. The van der Waals surface area contributed by atoms with E-state index in [1.54, 1.807) is 21.2 Å². The molecular weight excluding hydrogens is 424 g/mol. The van der Waals surface area contributed by atoms with Crippen molar-refractivity contribution in [1.82, 2.24) is 19.7 Å². The molecule has 5 rings (SSSR count). The quantitative estimate of drug-likeness (QED) is 0.438. The third kappa shape index (κ3) is 3.97. The second-order valence-corrected chi connectivity index (χ2v) is 8.17. The van der Waals surface area contributed by atoms with E-state index in [4.69, 9.17) is 9.47 Å². The number of aromatic nitrogens is 3. The van der Waals surface area contributed by atoms with Crippen LogP contribution in [-0.2, 0) is 6.54 Å². The van der Waals surface area contributed by atoms with E-state index in [2.05, 4.69) is 10.1 Å². The lowest BCUT2D eigenvalue weighted by Gasteiger charge is -2.25. The van der Waals surface area contributed by atoms with Crippen LogP contribution in [-0.4, -0.2) is 45.3 Å². The molecule has 0 unspecified atom stereocenters. The van der Waals surface area contributed by atoms with E-state index in [1.807, 2.05) is 61.7 Å². The third-order valence-electron chi connectivity index (χ3n) is 5.25. The van der Waals surface area contributed by atoms with Gasteiger partial charge < -0.3 is 14.4 Å². The molecular formula is C24H22N4O3S. The molecule has 1 amide bonds. The number of nitrogens with zero attached hydrogens (tertiary/aromatic N) is 4. The van der Waals surface area contributed by atoms with Crippen molar-refractivity contribution in [3.05, 3.63) is 77.6 Å². The first-order valence-electron chi connectivity index (χ1n) is 10.5. The first-order valence-corrected chi connectivity index (χ1v) is 11.3. The number of hydrogen-bond donors (Lipinski definition) is 0. The Morgan fingerprint density at radius 2 is 1.97 bits per heavy atom. The van der Waals surface area contributed by atoms with Crippen molar-refractivity contribution in [2.75, 3.05) is 19.8 Å². The zero-order chi connectivity index (χ0) is 21.9. The van der Waals surface area contributed by atoms with Gasteiger partial charge in [0.25, 0.3) is 5.91 Å². The average molecular weight is 447 g/mol. The van der Waals surface area contributed by atoms with Gasteiger partial charge in [0.1, 0.15) is 23.9 Å². The van der Waals surface area contributed by atoms with Gasteiger partial charge in [0.2, 0.25) is 0 Å². The fraction of sp³-hybridized carbons (Fsp3) is 0.208. The van der Waals surface area contributed by atoms with Gasteiger partial charge in [-0.05, 0) is 25.1 Å². The Kier molecular flexibility index (Phi) is 5.60. The summed E-state index contributed by atoms with van der Waals surface area (Å²) in [5.41, 5.74) is 3.21. The summed E-state index contributed by atoms with van der Waals surface area (Å²) in [4.78, 5) is 19.6. The molecule has 7 nitrogen and oxygen atoms in total. The van der Waals surface area contributed by atoms with E-state index >= 15 is 0 Å². The number of amides is 1. The van der Waals surface area contributed by atoms with Crippen LogP contribution in [0.5, 0.6) is 11.5 Å². The average Bonchev–Trinajstić information content (AvgIpc) is 3.53. The fourth-order valence-electron chi connectivity index (χ4n) is 3.61. The molecule has 1 aliphatic rings. The number of para-hydroxylation sites is 2. The maximum atomic E-state index is 13.2. The van der Waals surface area contributed by atoms with Crippen LogP contribution in [0.2, 0.25) is 0 Å². The Balaban J connectivity index is 1.35. The summed E-state index contributed by atoms with van der Waals surface area (Å²) in [5, 5.41) is 7.00. The van der Waals surface area contributed by atoms with Gasteiger partial charge in [-0.15, -0.1) is 11.3 Å². The Bertz CT molecular complexity index is 1240. The second-order valence-electron chi connectivity index (χ2n) is 7.31. The van der Waals surface area contributed by atoms with E-state index in [0.29, 0.717) is 32.0 Å². The number of hydrogen-bond acceptors (Lipinski definition) is 6. The number of carbonyl (C=O) groups excluding carboxylic acids is 1. The van der Waals surface area contributed by atoms with E-state index < -0.39 is 0 Å². The zero-order valence-electron chi connectivity index (χ0n) is 17.6. The van der Waals surface area contributed by atoms with Crippen molar-refractivity contribution in [2.45, 2.75) is 13.5 Å². The number of carbonyl (C=O) groups is 1. The topological polar surface area (TPSA) is 69.5 Å². The van der Waals surface area contributed by atoms with Crippen LogP contribution in [0, 0.1) is 0 Å². The lowest BCUT2D eigenvalue weighted by Crippen LogP contribution is -2.31. The van der Waals surface area contributed by atoms with Gasteiger partial charge in [0.15, 0.2) is 11.5 Å². The SMILES string of the molecule is CCN(Cc1cccc2c1OCCO2)C(=O)c1csc(-c2cnn(-c3ccccc3)c2)n1. The molecule has 0 saturated heterocycles. The molecule has 0 bridgehead atoms. The lowest BCUT2D eigenvalue weighted by molar-refractivity contribution is 0.0744. The number of thiazole rings is 1. The van der Waals surface area contributed by atoms with Crippen LogP contribution in [0.4, 0.5) is 0 Å². The highest BCUT2D eigenvalue weighted by molar-refractivity contribution is 7.13. The number of fused-ring (bicyclic) bond motifs is 1. The molecule has 32 heavy (non-hydrogen) atoms. The Morgan fingerprint density at radius 1 is 1.12 bits per heavy atom. The van der Waals surface area contributed by atoms with Crippen molar-refractivity contribution in [3.63, 3.8) is 0 Å². The molecule has 0 spiro atoms. The summed E-state index contributed by atoms with van der Waals surface area (Å²) in [6.45, 7) is 4.00. The van der Waals surface area contributed by atoms with Crippen LogP contribution in [0.1, 0.15) is 23.0 Å². The minimum absolute atomic E-state index is 0.111. The second kappa shape index (κ2) is 8.84. The number of benzene rings is 2. The largest absolute Gasteiger partial charge is 0.486 e. The molecule has 162 valence electrons. The van der Waals surface area contributed by atoms with E-state index in [9.17, 15) is 4.79 Å². The van der Waals surface area contributed by atoms with Gasteiger partial charge in [0, 0.05) is 35.8 Å². The molecule has 0 saturated carbocycles. The number of ether oxygens (including phenoxy) is 2. The summed E-state index contributed by atoms with van der Waals surface area (Å²) < 4.78 is 13.3. The standard InChI is InChI=1S/C24H22N4O3S/c1-2-27(14-17-7-6-10-21-22(17)31-12-11-30-21)24(29)20-16-32-23(26-20)18-13-25-28(15-18)19-8-4-3-5-9-19/h3-10,13,15-16H,2,11-12,14H2,1H3. The van der Waals surface area contributed by atoms with Crippen molar-refractivity contribution < 1.29 is 14.3 Å². The molecule has 0 N–H and O–H groups in total. The molecule has 3 heterocycles. The fourth-order valence-corrected chi connectivity index (χ4v) is 4.38. The van der Waals surface area contributed by atoms with Gasteiger partial charge in [-0.2, -0.15) is 5.10 Å². The minimum Gasteiger partial charge on any atom is -0.486 e.